The van der Waals surface area contributed by atoms with Crippen molar-refractivity contribution in [1.82, 2.24) is 0 Å². The third kappa shape index (κ3) is 2.41. The van der Waals surface area contributed by atoms with Crippen LogP contribution in [-0.4, -0.2) is 5.92 Å². The van der Waals surface area contributed by atoms with Crippen molar-refractivity contribution in [3.8, 4) is 0 Å². The Morgan fingerprint density at radius 3 is 2.12 bits per heavy atom. The molecule has 0 radical (unpaired) electrons. The predicted octanol–water partition coefficient (Wildman–Crippen LogP) is 4.74. The van der Waals surface area contributed by atoms with Gasteiger partial charge in [-0.2, -0.15) is 0 Å². The number of alkyl halides is 2. The molecule has 16 heavy (non-hydrogen) atoms. The zero-order valence-corrected chi connectivity index (χ0v) is 10.7. The molecule has 0 spiro atoms. The minimum absolute atomic E-state index is 0.146. The summed E-state index contributed by atoms with van der Waals surface area (Å²) in [4.78, 5) is 0. The molecule has 0 aliphatic heterocycles. The molecule has 3 atom stereocenters. The molecule has 0 aromatic rings. The molecule has 0 aromatic carbocycles. The minimum Gasteiger partial charge on any atom is -0.207 e. The highest BCUT2D eigenvalue weighted by Crippen LogP contribution is 2.50. The molecule has 0 N–H and O–H groups in total. The molecule has 0 bridgehead atoms. The first kappa shape index (κ1) is 12.3. The largest absolute Gasteiger partial charge is 0.248 e. The van der Waals surface area contributed by atoms with Crippen LogP contribution < -0.4 is 0 Å². The lowest BCUT2D eigenvalue weighted by Gasteiger charge is -2.45. The first-order valence-corrected chi connectivity index (χ1v) is 6.77. The van der Waals surface area contributed by atoms with Gasteiger partial charge in [0.1, 0.15) is 0 Å². The van der Waals surface area contributed by atoms with Crippen molar-refractivity contribution >= 4 is 0 Å². The third-order valence-electron chi connectivity index (χ3n) is 4.93. The predicted molar refractivity (Wildman–Crippen MR) is 62.5 cm³/mol. The molecule has 94 valence electrons. The van der Waals surface area contributed by atoms with Crippen LogP contribution in [0.3, 0.4) is 0 Å². The molecule has 2 heteroatoms. The van der Waals surface area contributed by atoms with Crippen molar-refractivity contribution in [2.75, 3.05) is 0 Å². The van der Waals surface area contributed by atoms with Gasteiger partial charge in [0.2, 0.25) is 5.92 Å². The molecule has 0 aromatic heterocycles. The van der Waals surface area contributed by atoms with Crippen molar-refractivity contribution in [1.29, 1.82) is 0 Å². The molecule has 0 saturated heterocycles. The van der Waals surface area contributed by atoms with Gasteiger partial charge in [0, 0.05) is 12.8 Å². The van der Waals surface area contributed by atoms with Crippen LogP contribution in [0.4, 0.5) is 8.78 Å². The van der Waals surface area contributed by atoms with E-state index in [0.717, 1.165) is 17.8 Å². The van der Waals surface area contributed by atoms with E-state index < -0.39 is 5.92 Å². The average molecular weight is 230 g/mol. The van der Waals surface area contributed by atoms with Crippen LogP contribution in [0.15, 0.2) is 0 Å². The summed E-state index contributed by atoms with van der Waals surface area (Å²) in [5.74, 6) is 0.923. The van der Waals surface area contributed by atoms with Gasteiger partial charge in [0.15, 0.2) is 0 Å². The molecular weight excluding hydrogens is 206 g/mol. The van der Waals surface area contributed by atoms with Gasteiger partial charge in [0.05, 0.1) is 0 Å². The Morgan fingerprint density at radius 1 is 1.12 bits per heavy atom. The number of rotatable bonds is 4. The van der Waals surface area contributed by atoms with Gasteiger partial charge in [0.25, 0.3) is 0 Å². The van der Waals surface area contributed by atoms with E-state index in [1.54, 1.807) is 0 Å². The SMILES string of the molecule is CC(C)C1CCC1CC(C)C1CC(F)(F)C1. The van der Waals surface area contributed by atoms with Crippen molar-refractivity contribution in [3.63, 3.8) is 0 Å². The van der Waals surface area contributed by atoms with Crippen molar-refractivity contribution in [3.05, 3.63) is 0 Å². The fraction of sp³-hybridized carbons (Fsp3) is 1.00. The molecule has 3 unspecified atom stereocenters. The summed E-state index contributed by atoms with van der Waals surface area (Å²) in [5, 5.41) is 0. The molecule has 2 fully saturated rings. The second-order valence-corrected chi connectivity index (χ2v) is 6.48. The highest BCUT2D eigenvalue weighted by molar-refractivity contribution is 4.91. The molecular formula is C14H24F2. The first-order valence-electron chi connectivity index (χ1n) is 6.77. The fourth-order valence-electron chi connectivity index (χ4n) is 3.54. The fourth-order valence-corrected chi connectivity index (χ4v) is 3.54. The zero-order chi connectivity index (χ0) is 11.9. The lowest BCUT2D eigenvalue weighted by molar-refractivity contribution is -0.128. The van der Waals surface area contributed by atoms with Crippen LogP contribution >= 0.6 is 0 Å². The Bertz CT molecular complexity index is 239. The normalized spacial score (nSPS) is 35.6. The van der Waals surface area contributed by atoms with E-state index in [0.29, 0.717) is 11.8 Å². The summed E-state index contributed by atoms with van der Waals surface area (Å²) in [6, 6.07) is 0. The van der Waals surface area contributed by atoms with E-state index in [1.165, 1.54) is 19.3 Å². The van der Waals surface area contributed by atoms with Gasteiger partial charge in [-0.1, -0.05) is 20.8 Å². The van der Waals surface area contributed by atoms with Gasteiger partial charge >= 0.3 is 0 Å². The average Bonchev–Trinajstić information content (AvgIpc) is 2.06. The van der Waals surface area contributed by atoms with E-state index in [9.17, 15) is 8.78 Å². The molecule has 2 rings (SSSR count). The van der Waals surface area contributed by atoms with Crippen LogP contribution in [0.2, 0.25) is 0 Å². The van der Waals surface area contributed by atoms with Crippen LogP contribution in [0, 0.1) is 29.6 Å². The van der Waals surface area contributed by atoms with E-state index in [-0.39, 0.29) is 12.8 Å². The maximum atomic E-state index is 12.8. The van der Waals surface area contributed by atoms with Gasteiger partial charge in [-0.3, -0.25) is 0 Å². The number of hydrogen-bond donors (Lipinski definition) is 0. The van der Waals surface area contributed by atoms with Crippen molar-refractivity contribution < 1.29 is 8.78 Å². The van der Waals surface area contributed by atoms with Gasteiger partial charge < -0.3 is 0 Å². The lowest BCUT2D eigenvalue weighted by atomic mass is 9.62. The van der Waals surface area contributed by atoms with Crippen LogP contribution in [0.1, 0.15) is 52.9 Å². The Hall–Kier alpha value is -0.140. The second-order valence-electron chi connectivity index (χ2n) is 6.48. The van der Waals surface area contributed by atoms with Gasteiger partial charge in [-0.25, -0.2) is 8.78 Å². The summed E-state index contributed by atoms with van der Waals surface area (Å²) >= 11 is 0. The molecule has 2 aliphatic rings. The summed E-state index contributed by atoms with van der Waals surface area (Å²) in [5.41, 5.74) is 0. The maximum Gasteiger partial charge on any atom is 0.248 e. The molecule has 0 amide bonds. The van der Waals surface area contributed by atoms with Gasteiger partial charge in [-0.05, 0) is 48.9 Å². The highest BCUT2D eigenvalue weighted by atomic mass is 19.3. The van der Waals surface area contributed by atoms with E-state index in [2.05, 4.69) is 20.8 Å². The minimum atomic E-state index is -2.34. The van der Waals surface area contributed by atoms with E-state index in [1.807, 2.05) is 0 Å². The van der Waals surface area contributed by atoms with Crippen LogP contribution in [0.25, 0.3) is 0 Å². The van der Waals surface area contributed by atoms with Crippen LogP contribution in [0.5, 0.6) is 0 Å². The quantitative estimate of drug-likeness (QED) is 0.654. The van der Waals surface area contributed by atoms with E-state index >= 15 is 0 Å². The van der Waals surface area contributed by atoms with Gasteiger partial charge in [-0.15, -0.1) is 0 Å². The highest BCUT2D eigenvalue weighted by Gasteiger charge is 2.48. The summed E-state index contributed by atoms with van der Waals surface area (Å²) in [7, 11) is 0. The Labute approximate surface area is 97.8 Å². The first-order chi connectivity index (χ1) is 7.39. The summed E-state index contributed by atoms with van der Waals surface area (Å²) < 4.78 is 25.6. The Kier molecular flexibility index (Phi) is 3.29. The molecule has 0 nitrogen and oxygen atoms in total. The summed E-state index contributed by atoms with van der Waals surface area (Å²) in [6.07, 6.45) is 4.16. The summed E-state index contributed by atoms with van der Waals surface area (Å²) in [6.45, 7) is 6.76. The zero-order valence-electron chi connectivity index (χ0n) is 10.7. The standard InChI is InChI=1S/C14H24F2/c1-9(2)13-5-4-11(13)6-10(3)12-7-14(15,16)8-12/h9-13H,4-8H2,1-3H3. The monoisotopic (exact) mass is 230 g/mol. The maximum absolute atomic E-state index is 12.8. The molecule has 2 saturated carbocycles. The number of halogens is 2. The lowest BCUT2D eigenvalue weighted by Crippen LogP contribution is -2.41. The number of hydrogen-bond acceptors (Lipinski definition) is 0. The van der Waals surface area contributed by atoms with Crippen LogP contribution in [-0.2, 0) is 0 Å². The van der Waals surface area contributed by atoms with Crippen molar-refractivity contribution in [2.24, 2.45) is 29.6 Å². The molecule has 2 aliphatic carbocycles. The Morgan fingerprint density at radius 2 is 1.75 bits per heavy atom. The topological polar surface area (TPSA) is 0 Å². The smallest absolute Gasteiger partial charge is 0.207 e. The van der Waals surface area contributed by atoms with Crippen molar-refractivity contribution in [2.45, 2.75) is 58.8 Å². The van der Waals surface area contributed by atoms with E-state index in [4.69, 9.17) is 0 Å². The Balaban J connectivity index is 1.74. The second kappa shape index (κ2) is 4.27. The molecule has 0 heterocycles. The third-order valence-corrected chi connectivity index (χ3v) is 4.93.